The van der Waals surface area contributed by atoms with Gasteiger partial charge in [0, 0.05) is 49.5 Å². The molecule has 2 aliphatic rings. The van der Waals surface area contributed by atoms with Gasteiger partial charge in [-0.05, 0) is 12.8 Å². The van der Waals surface area contributed by atoms with E-state index in [0.29, 0.717) is 51.2 Å². The van der Waals surface area contributed by atoms with Crippen LogP contribution in [0.15, 0.2) is 11.0 Å². The van der Waals surface area contributed by atoms with Crippen LogP contribution < -0.4 is 21.3 Å². The number of carbonyl (C=O) groups is 3. The molecule has 12 nitrogen and oxygen atoms in total. The topological polar surface area (TPSA) is 163 Å². The first-order chi connectivity index (χ1) is 17.8. The van der Waals surface area contributed by atoms with Gasteiger partial charge in [-0.3, -0.25) is 14.2 Å². The molecule has 0 saturated carbocycles. The van der Waals surface area contributed by atoms with Crippen LogP contribution in [0.3, 0.4) is 0 Å². The number of hydrogen-bond acceptors (Lipinski definition) is 9. The predicted molar refractivity (Wildman–Crippen MR) is 141 cm³/mol. The summed E-state index contributed by atoms with van der Waals surface area (Å²) in [6.45, 7) is 2.39. The van der Waals surface area contributed by atoms with E-state index in [9.17, 15) is 24.6 Å². The highest BCUT2D eigenvalue weighted by Gasteiger charge is 2.42. The Kier molecular flexibility index (Phi) is 12.0. The number of aromatic hydroxyl groups is 2. The molecule has 0 unspecified atom stereocenters. The second kappa shape index (κ2) is 15.2. The Morgan fingerprint density at radius 2 is 1.73 bits per heavy atom. The van der Waals surface area contributed by atoms with Crippen molar-refractivity contribution < 1.29 is 34.1 Å². The molecule has 0 aliphatic carbocycles. The number of hydrogen-bond donors (Lipinski definition) is 7. The highest BCUT2D eigenvalue weighted by molar-refractivity contribution is 8.00. The van der Waals surface area contributed by atoms with Crippen molar-refractivity contribution in [3.05, 3.63) is 6.07 Å². The molecule has 2 aliphatic heterocycles. The van der Waals surface area contributed by atoms with Gasteiger partial charge in [0.25, 0.3) is 0 Å². The normalized spacial score (nSPS) is 20.4. The van der Waals surface area contributed by atoms with Crippen molar-refractivity contribution in [3.63, 3.8) is 0 Å². The lowest BCUT2D eigenvalue weighted by Gasteiger charge is -2.16. The summed E-state index contributed by atoms with van der Waals surface area (Å²) in [6, 6.07) is 1.68. The maximum atomic E-state index is 12.0. The Bertz CT molecular complexity index is 916. The Morgan fingerprint density at radius 1 is 1.05 bits per heavy atom. The molecule has 0 aromatic carbocycles. The Hall–Kier alpha value is -2.29. The number of thioether (sulfide) groups is 1. The van der Waals surface area contributed by atoms with E-state index in [1.165, 1.54) is 10.6 Å². The SMILES string of the molecule is O=C(CCCC[C@@H]1SC[C@@H]2NC(=O)N[C@@H]21)NCCOCCOCCNC(=O)CCn1c(O)cc(S)c1O. The van der Waals surface area contributed by atoms with Crippen LogP contribution in [-0.2, 0) is 25.6 Å². The van der Waals surface area contributed by atoms with Gasteiger partial charge in [0.1, 0.15) is 0 Å². The summed E-state index contributed by atoms with van der Waals surface area (Å²) in [7, 11) is 0. The largest absolute Gasteiger partial charge is 0.494 e. The number of carbonyl (C=O) groups excluding carboxylic acids is 3. The van der Waals surface area contributed by atoms with E-state index in [0.717, 1.165) is 25.0 Å². The number of aromatic nitrogens is 1. The molecule has 6 N–H and O–H groups in total. The third kappa shape index (κ3) is 9.51. The zero-order valence-electron chi connectivity index (χ0n) is 20.7. The quantitative estimate of drug-likeness (QED) is 0.0828. The third-order valence-corrected chi connectivity index (χ3v) is 8.02. The molecule has 3 atom stereocenters. The number of urea groups is 1. The highest BCUT2D eigenvalue weighted by Crippen LogP contribution is 2.33. The Balaban J connectivity index is 1.08. The predicted octanol–water partition coefficient (Wildman–Crippen LogP) is 0.570. The first kappa shape index (κ1) is 29.3. The fourth-order valence-electron chi connectivity index (χ4n) is 4.24. The number of unbranched alkanes of at least 4 members (excludes halogenated alkanes) is 1. The number of amides is 4. The molecule has 208 valence electrons. The molecule has 2 saturated heterocycles. The molecule has 4 amide bonds. The van der Waals surface area contributed by atoms with Gasteiger partial charge < -0.3 is 41.0 Å². The van der Waals surface area contributed by atoms with E-state index in [1.54, 1.807) is 0 Å². The third-order valence-electron chi connectivity index (χ3n) is 6.18. The summed E-state index contributed by atoms with van der Waals surface area (Å²) in [5.41, 5.74) is 0. The molecule has 3 heterocycles. The van der Waals surface area contributed by atoms with Gasteiger partial charge in [-0.15, -0.1) is 12.6 Å². The van der Waals surface area contributed by atoms with Crippen molar-refractivity contribution in [1.29, 1.82) is 0 Å². The maximum absolute atomic E-state index is 12.0. The van der Waals surface area contributed by atoms with E-state index in [1.807, 2.05) is 11.8 Å². The van der Waals surface area contributed by atoms with Crippen molar-refractivity contribution in [3.8, 4) is 11.8 Å². The standard InChI is InChI=1S/C23H37N5O7S2/c29-18(4-2-1-3-17-21-15(14-37-17)26-23(33)27-21)24-6-9-34-11-12-35-10-7-25-19(30)5-8-28-20(31)13-16(36)22(28)32/h13,15,17,21,31-32,36H,1-12,14H2,(H,24,29)(H,25,30)(H2,26,27,33)/t15-,17-,21-/m0/s1. The summed E-state index contributed by atoms with van der Waals surface area (Å²) in [5, 5.41) is 31.3. The van der Waals surface area contributed by atoms with E-state index >= 15 is 0 Å². The Labute approximate surface area is 226 Å². The molecule has 2 fully saturated rings. The minimum atomic E-state index is -0.227. The van der Waals surface area contributed by atoms with Crippen molar-refractivity contribution in [2.75, 3.05) is 45.3 Å². The van der Waals surface area contributed by atoms with Gasteiger partial charge in [-0.1, -0.05) is 6.42 Å². The summed E-state index contributed by atoms with van der Waals surface area (Å²) in [5.74, 6) is 0.405. The zero-order valence-corrected chi connectivity index (χ0v) is 22.5. The van der Waals surface area contributed by atoms with Crippen LogP contribution in [0.2, 0.25) is 0 Å². The molecule has 14 heteroatoms. The first-order valence-electron chi connectivity index (χ1n) is 12.5. The van der Waals surface area contributed by atoms with Crippen LogP contribution in [0.1, 0.15) is 32.1 Å². The number of nitrogens with one attached hydrogen (secondary N) is 4. The molecule has 0 radical (unpaired) electrons. The van der Waals surface area contributed by atoms with Crippen molar-refractivity contribution in [2.24, 2.45) is 0 Å². The first-order valence-corrected chi connectivity index (χ1v) is 14.0. The number of ether oxygens (including phenoxy) is 2. The van der Waals surface area contributed by atoms with Crippen LogP contribution in [0.5, 0.6) is 11.8 Å². The Morgan fingerprint density at radius 3 is 2.38 bits per heavy atom. The van der Waals surface area contributed by atoms with Gasteiger partial charge in [-0.25, -0.2) is 4.79 Å². The molecule has 1 aromatic rings. The monoisotopic (exact) mass is 559 g/mol. The fourth-order valence-corrected chi connectivity index (χ4v) is 6.02. The number of rotatable bonds is 17. The highest BCUT2D eigenvalue weighted by atomic mass is 32.2. The summed E-state index contributed by atoms with van der Waals surface area (Å²) >= 11 is 5.89. The molecular weight excluding hydrogens is 522 g/mol. The van der Waals surface area contributed by atoms with Crippen LogP contribution in [0.25, 0.3) is 0 Å². The van der Waals surface area contributed by atoms with Crippen molar-refractivity contribution in [1.82, 2.24) is 25.8 Å². The van der Waals surface area contributed by atoms with Crippen LogP contribution in [0, 0.1) is 0 Å². The lowest BCUT2D eigenvalue weighted by atomic mass is 10.0. The van der Waals surface area contributed by atoms with Gasteiger partial charge in [0.15, 0.2) is 5.88 Å². The molecule has 37 heavy (non-hydrogen) atoms. The molecule has 1 aromatic heterocycles. The zero-order chi connectivity index (χ0) is 26.6. The second-order valence-corrected chi connectivity index (χ2v) is 10.7. The van der Waals surface area contributed by atoms with Gasteiger partial charge in [-0.2, -0.15) is 11.8 Å². The van der Waals surface area contributed by atoms with Crippen LogP contribution in [0.4, 0.5) is 4.79 Å². The minimum Gasteiger partial charge on any atom is -0.494 e. The van der Waals surface area contributed by atoms with Crippen molar-refractivity contribution in [2.45, 2.75) is 60.9 Å². The molecular formula is C23H37N5O7S2. The summed E-state index contributed by atoms with van der Waals surface area (Å²) in [4.78, 5) is 35.5. The van der Waals surface area contributed by atoms with Crippen molar-refractivity contribution >= 4 is 42.2 Å². The van der Waals surface area contributed by atoms with E-state index in [-0.39, 0.29) is 59.6 Å². The average Bonchev–Trinajstić information content (AvgIpc) is 3.49. The number of nitrogens with zero attached hydrogens (tertiary/aromatic N) is 1. The molecule has 3 rings (SSSR count). The lowest BCUT2D eigenvalue weighted by molar-refractivity contribution is -0.122. The van der Waals surface area contributed by atoms with E-state index < -0.39 is 0 Å². The molecule has 0 bridgehead atoms. The summed E-state index contributed by atoms with van der Waals surface area (Å²) < 4.78 is 12.1. The van der Waals surface area contributed by atoms with Crippen LogP contribution in [-0.4, -0.2) is 95.2 Å². The second-order valence-electron chi connectivity index (χ2n) is 8.91. The van der Waals surface area contributed by atoms with E-state index in [4.69, 9.17) is 9.47 Å². The van der Waals surface area contributed by atoms with E-state index in [2.05, 4.69) is 33.9 Å². The number of thiol groups is 1. The lowest BCUT2D eigenvalue weighted by Crippen LogP contribution is -2.36. The van der Waals surface area contributed by atoms with Gasteiger partial charge >= 0.3 is 6.03 Å². The fraction of sp³-hybridized carbons (Fsp3) is 0.696. The summed E-state index contributed by atoms with van der Waals surface area (Å²) in [6.07, 6.45) is 3.34. The maximum Gasteiger partial charge on any atom is 0.315 e. The number of fused-ring (bicyclic) bond motifs is 1. The van der Waals surface area contributed by atoms with Gasteiger partial charge in [0.05, 0.1) is 43.4 Å². The van der Waals surface area contributed by atoms with Crippen LogP contribution >= 0.6 is 24.4 Å². The van der Waals surface area contributed by atoms with Gasteiger partial charge in [0.2, 0.25) is 17.7 Å². The molecule has 0 spiro atoms. The average molecular weight is 560 g/mol. The minimum absolute atomic E-state index is 0.0108. The smallest absolute Gasteiger partial charge is 0.315 e.